The largest absolute Gasteiger partial charge is 0.481 e. The van der Waals surface area contributed by atoms with Crippen LogP contribution in [0.15, 0.2) is 10.6 Å². The van der Waals surface area contributed by atoms with Crippen molar-refractivity contribution in [3.63, 3.8) is 0 Å². The van der Waals surface area contributed by atoms with Crippen LogP contribution in [0.5, 0.6) is 0 Å². The van der Waals surface area contributed by atoms with E-state index in [0.29, 0.717) is 0 Å². The van der Waals surface area contributed by atoms with E-state index < -0.39 is 34.4 Å². The fraction of sp³-hybridized carbons (Fsp3) is 0.700. The summed E-state index contributed by atoms with van der Waals surface area (Å²) in [5.41, 5.74) is -0.757. The summed E-state index contributed by atoms with van der Waals surface area (Å²) in [5.74, 6) is -2.51. The maximum Gasteiger partial charge on any atom is 0.426 e. The van der Waals surface area contributed by atoms with Gasteiger partial charge in [-0.15, -0.1) is 0 Å². The molecule has 2 atom stereocenters. The average Bonchev–Trinajstić information content (AvgIpc) is 2.65. The van der Waals surface area contributed by atoms with E-state index in [1.54, 1.807) is 13.8 Å². The van der Waals surface area contributed by atoms with Crippen molar-refractivity contribution in [2.45, 2.75) is 26.9 Å². The van der Waals surface area contributed by atoms with Crippen LogP contribution < -0.4 is 0 Å². The zero-order valence-corrected chi connectivity index (χ0v) is 9.78. The van der Waals surface area contributed by atoms with Gasteiger partial charge in [-0.3, -0.25) is 4.79 Å². The van der Waals surface area contributed by atoms with Crippen molar-refractivity contribution < 1.29 is 23.1 Å². The second kappa shape index (κ2) is 3.65. The fourth-order valence-corrected chi connectivity index (χ4v) is 2.38. The van der Waals surface area contributed by atoms with E-state index in [2.05, 4.69) is 0 Å². The Morgan fingerprint density at radius 3 is 2.00 bits per heavy atom. The van der Waals surface area contributed by atoms with Crippen LogP contribution in [-0.2, 0) is 4.79 Å². The van der Waals surface area contributed by atoms with Crippen LogP contribution in [0.2, 0.25) is 0 Å². The summed E-state index contributed by atoms with van der Waals surface area (Å²) >= 11 is 5.20. The number of carboxylic acids is 1. The van der Waals surface area contributed by atoms with Crippen molar-refractivity contribution in [1.82, 2.24) is 0 Å². The molecule has 1 aliphatic rings. The predicted molar refractivity (Wildman–Crippen MR) is 53.0 cm³/mol. The molecule has 0 radical (unpaired) electrons. The normalized spacial score (nSPS) is 29.7. The molecule has 1 aliphatic carbocycles. The third kappa shape index (κ3) is 2.05. The Hall–Kier alpha value is -0.710. The van der Waals surface area contributed by atoms with Gasteiger partial charge in [0.1, 0.15) is 5.03 Å². The molecule has 0 saturated heterocycles. The molecule has 1 N–H and O–H groups in total. The highest BCUT2D eigenvalue weighted by Gasteiger charge is 2.63. The molecule has 1 saturated carbocycles. The average molecular weight is 257 g/mol. The number of carboxylic acid groups (broad SMARTS) is 1. The summed E-state index contributed by atoms with van der Waals surface area (Å²) in [5, 5.41) is 7.65. The second-order valence-electron chi connectivity index (χ2n) is 4.61. The molecule has 0 spiro atoms. The topological polar surface area (TPSA) is 37.3 Å². The van der Waals surface area contributed by atoms with Crippen molar-refractivity contribution >= 4 is 17.6 Å². The van der Waals surface area contributed by atoms with Crippen LogP contribution >= 0.6 is 11.6 Å². The number of aliphatic carboxylic acids is 1. The molecule has 1 fully saturated rings. The summed E-state index contributed by atoms with van der Waals surface area (Å²) < 4.78 is 37.0. The summed E-state index contributed by atoms with van der Waals surface area (Å²) in [4.78, 5) is 10.8. The second-order valence-corrected chi connectivity index (χ2v) is 4.99. The molecule has 2 nitrogen and oxygen atoms in total. The summed E-state index contributed by atoms with van der Waals surface area (Å²) in [6.45, 7) is 4.49. The van der Waals surface area contributed by atoms with E-state index in [9.17, 15) is 18.0 Å². The Labute approximate surface area is 96.1 Å². The highest BCUT2D eigenvalue weighted by atomic mass is 35.5. The minimum atomic E-state index is -4.60. The Morgan fingerprint density at radius 2 is 1.75 bits per heavy atom. The van der Waals surface area contributed by atoms with Gasteiger partial charge in [0.2, 0.25) is 0 Å². The van der Waals surface area contributed by atoms with Crippen molar-refractivity contribution in [2.75, 3.05) is 0 Å². The molecule has 16 heavy (non-hydrogen) atoms. The fourth-order valence-electron chi connectivity index (χ4n) is 2.27. The van der Waals surface area contributed by atoms with Gasteiger partial charge in [0.05, 0.1) is 5.92 Å². The molecule has 0 amide bonds. The Bertz CT molecular complexity index is 358. The van der Waals surface area contributed by atoms with Crippen molar-refractivity contribution in [2.24, 2.45) is 17.3 Å². The van der Waals surface area contributed by atoms with E-state index in [4.69, 9.17) is 16.7 Å². The third-order valence-electron chi connectivity index (χ3n) is 3.16. The highest BCUT2D eigenvalue weighted by Crippen LogP contribution is 2.62. The Morgan fingerprint density at radius 1 is 1.31 bits per heavy atom. The lowest BCUT2D eigenvalue weighted by molar-refractivity contribution is -0.139. The van der Waals surface area contributed by atoms with E-state index in [1.165, 1.54) is 6.92 Å². The molecule has 2 unspecified atom stereocenters. The SMILES string of the molecule is CC(=C(Cl)C(F)(F)F)C1C(C(=O)O)C1(C)C. The van der Waals surface area contributed by atoms with Crippen molar-refractivity contribution in [3.05, 3.63) is 10.6 Å². The lowest BCUT2D eigenvalue weighted by Crippen LogP contribution is -2.11. The molecular formula is C10H12ClF3O2. The first-order valence-corrected chi connectivity index (χ1v) is 5.05. The number of rotatable bonds is 2. The third-order valence-corrected chi connectivity index (χ3v) is 3.67. The van der Waals surface area contributed by atoms with Crippen LogP contribution in [0.4, 0.5) is 13.2 Å². The van der Waals surface area contributed by atoms with Crippen LogP contribution in [0.25, 0.3) is 0 Å². The molecule has 0 heterocycles. The quantitative estimate of drug-likeness (QED) is 0.822. The number of allylic oxidation sites excluding steroid dienone is 2. The molecular weight excluding hydrogens is 245 g/mol. The number of hydrogen-bond acceptors (Lipinski definition) is 1. The number of alkyl halides is 3. The minimum absolute atomic E-state index is 0.0911. The number of hydrogen-bond donors (Lipinski definition) is 1. The molecule has 0 aromatic carbocycles. The maximum absolute atomic E-state index is 12.3. The lowest BCUT2D eigenvalue weighted by atomic mass is 10.0. The van der Waals surface area contributed by atoms with Crippen LogP contribution in [0.3, 0.4) is 0 Å². The Kier molecular flexibility index (Phi) is 3.05. The summed E-state index contributed by atoms with van der Waals surface area (Å²) in [6, 6.07) is 0. The molecule has 0 aromatic rings. The van der Waals surface area contributed by atoms with E-state index in [0.717, 1.165) is 0 Å². The van der Waals surface area contributed by atoms with Crippen LogP contribution in [-0.4, -0.2) is 17.3 Å². The monoisotopic (exact) mass is 256 g/mol. The van der Waals surface area contributed by atoms with E-state index in [1.807, 2.05) is 0 Å². The zero-order valence-electron chi connectivity index (χ0n) is 9.02. The summed E-state index contributed by atoms with van der Waals surface area (Å²) in [7, 11) is 0. The summed E-state index contributed by atoms with van der Waals surface area (Å²) in [6.07, 6.45) is -4.60. The molecule has 0 bridgehead atoms. The molecule has 0 aromatic heterocycles. The van der Waals surface area contributed by atoms with Crippen LogP contribution in [0.1, 0.15) is 20.8 Å². The van der Waals surface area contributed by atoms with E-state index >= 15 is 0 Å². The first-order chi connectivity index (χ1) is 7.01. The molecule has 0 aliphatic heterocycles. The van der Waals surface area contributed by atoms with Gasteiger partial charge >= 0.3 is 12.1 Å². The van der Waals surface area contributed by atoms with Crippen LogP contribution in [0, 0.1) is 17.3 Å². The zero-order chi connectivity index (χ0) is 12.9. The van der Waals surface area contributed by atoms with Gasteiger partial charge in [0.25, 0.3) is 0 Å². The predicted octanol–water partition coefficient (Wildman–Crippen LogP) is 3.42. The first kappa shape index (κ1) is 13.4. The molecule has 1 rings (SSSR count). The van der Waals surface area contributed by atoms with Gasteiger partial charge < -0.3 is 5.11 Å². The lowest BCUT2D eigenvalue weighted by Gasteiger charge is -2.10. The van der Waals surface area contributed by atoms with Crippen molar-refractivity contribution in [1.29, 1.82) is 0 Å². The minimum Gasteiger partial charge on any atom is -0.481 e. The van der Waals surface area contributed by atoms with Gasteiger partial charge in [0, 0.05) is 5.92 Å². The smallest absolute Gasteiger partial charge is 0.426 e. The van der Waals surface area contributed by atoms with Crippen molar-refractivity contribution in [3.8, 4) is 0 Å². The molecule has 92 valence electrons. The van der Waals surface area contributed by atoms with E-state index in [-0.39, 0.29) is 5.57 Å². The van der Waals surface area contributed by atoms with Gasteiger partial charge in [0.15, 0.2) is 0 Å². The molecule has 6 heteroatoms. The van der Waals surface area contributed by atoms with Gasteiger partial charge in [-0.25, -0.2) is 0 Å². The Balaban J connectivity index is 3.03. The number of carbonyl (C=O) groups is 1. The highest BCUT2D eigenvalue weighted by molar-refractivity contribution is 6.30. The van der Waals surface area contributed by atoms with Gasteiger partial charge in [-0.2, -0.15) is 13.2 Å². The number of halogens is 4. The van der Waals surface area contributed by atoms with Gasteiger partial charge in [-0.05, 0) is 17.9 Å². The standard InChI is InChI=1S/C10H12ClF3O2/c1-4(7(11)10(12,13)14)5-6(8(15)16)9(5,2)3/h5-6H,1-3H3,(H,15,16). The maximum atomic E-state index is 12.3. The van der Waals surface area contributed by atoms with Gasteiger partial charge in [-0.1, -0.05) is 25.4 Å². The first-order valence-electron chi connectivity index (χ1n) is 4.67.